The first kappa shape index (κ1) is 25.6. The van der Waals surface area contributed by atoms with E-state index in [-0.39, 0.29) is 17.7 Å². The Balaban J connectivity index is 1.15. The molecule has 0 saturated carbocycles. The van der Waals surface area contributed by atoms with Crippen LogP contribution in [-0.2, 0) is 4.79 Å². The van der Waals surface area contributed by atoms with Crippen LogP contribution >= 0.6 is 0 Å². The molecular formula is C34H37N3O2. The van der Waals surface area contributed by atoms with Gasteiger partial charge in [-0.25, -0.2) is 0 Å². The van der Waals surface area contributed by atoms with Gasteiger partial charge in [0, 0.05) is 37.9 Å². The van der Waals surface area contributed by atoms with E-state index in [1.807, 2.05) is 64.4 Å². The fourth-order valence-corrected chi connectivity index (χ4v) is 6.67. The third-order valence-corrected chi connectivity index (χ3v) is 8.71. The van der Waals surface area contributed by atoms with E-state index in [0.29, 0.717) is 12.6 Å². The summed E-state index contributed by atoms with van der Waals surface area (Å²) >= 11 is 0. The van der Waals surface area contributed by atoms with Crippen LogP contribution in [0, 0.1) is 5.92 Å². The quantitative estimate of drug-likeness (QED) is 0.288. The van der Waals surface area contributed by atoms with E-state index < -0.39 is 0 Å². The Morgan fingerprint density at radius 3 is 2.05 bits per heavy atom. The monoisotopic (exact) mass is 519 g/mol. The Morgan fingerprint density at radius 2 is 1.41 bits per heavy atom. The van der Waals surface area contributed by atoms with E-state index in [9.17, 15) is 9.59 Å². The number of carbonyl (C=O) groups excluding carboxylic acids is 2. The number of para-hydroxylation sites is 1. The van der Waals surface area contributed by atoms with Crippen molar-refractivity contribution in [2.75, 3.05) is 37.6 Å². The Morgan fingerprint density at radius 1 is 0.795 bits per heavy atom. The lowest BCUT2D eigenvalue weighted by Crippen LogP contribution is -2.52. The second-order valence-corrected chi connectivity index (χ2v) is 11.0. The van der Waals surface area contributed by atoms with Gasteiger partial charge < -0.3 is 9.80 Å². The minimum Gasteiger partial charge on any atom is -0.338 e. The van der Waals surface area contributed by atoms with E-state index >= 15 is 0 Å². The third-order valence-electron chi connectivity index (χ3n) is 8.71. The summed E-state index contributed by atoms with van der Waals surface area (Å²) in [6.07, 6.45) is 3.89. The number of amides is 2. The first-order valence-electron chi connectivity index (χ1n) is 14.4. The summed E-state index contributed by atoms with van der Waals surface area (Å²) in [5.74, 6) is 0.402. The number of carbonyl (C=O) groups is 2. The minimum atomic E-state index is 0.0283. The summed E-state index contributed by atoms with van der Waals surface area (Å²) in [5.41, 5.74) is 1.81. The van der Waals surface area contributed by atoms with Gasteiger partial charge in [0.05, 0.1) is 11.5 Å². The molecule has 0 bridgehead atoms. The molecule has 2 heterocycles. The van der Waals surface area contributed by atoms with Crippen LogP contribution in [0.4, 0.5) is 5.69 Å². The van der Waals surface area contributed by atoms with Crippen molar-refractivity contribution < 1.29 is 9.59 Å². The summed E-state index contributed by atoms with van der Waals surface area (Å²) in [7, 11) is 0. The molecule has 4 aromatic rings. The minimum absolute atomic E-state index is 0.0283. The maximum atomic E-state index is 14.0. The average molecular weight is 520 g/mol. The van der Waals surface area contributed by atoms with E-state index in [4.69, 9.17) is 0 Å². The van der Waals surface area contributed by atoms with E-state index in [2.05, 4.69) is 42.2 Å². The van der Waals surface area contributed by atoms with Crippen molar-refractivity contribution in [3.8, 4) is 0 Å². The molecule has 200 valence electrons. The number of likely N-dealkylation sites (tertiary alicyclic amines) is 2. The Hall–Kier alpha value is -3.70. The highest BCUT2D eigenvalue weighted by Gasteiger charge is 2.34. The number of anilines is 1. The van der Waals surface area contributed by atoms with Gasteiger partial charge >= 0.3 is 0 Å². The molecule has 6 rings (SSSR count). The molecule has 2 saturated heterocycles. The summed E-state index contributed by atoms with van der Waals surface area (Å²) in [4.78, 5) is 34.0. The third kappa shape index (κ3) is 5.04. The van der Waals surface area contributed by atoms with Crippen LogP contribution in [0.5, 0.6) is 0 Å². The second kappa shape index (κ2) is 11.2. The number of hydrogen-bond donors (Lipinski definition) is 0. The highest BCUT2D eigenvalue weighted by molar-refractivity contribution is 6.18. The zero-order valence-corrected chi connectivity index (χ0v) is 22.8. The van der Waals surface area contributed by atoms with Gasteiger partial charge in [-0.3, -0.25) is 14.5 Å². The van der Waals surface area contributed by atoms with E-state index in [1.54, 1.807) is 0 Å². The lowest BCUT2D eigenvalue weighted by molar-refractivity contribution is -0.124. The molecule has 0 aromatic heterocycles. The summed E-state index contributed by atoms with van der Waals surface area (Å²) in [5, 5.41) is 4.27. The number of fused-ring (bicyclic) bond motifs is 2. The normalized spacial score (nSPS) is 18.9. The molecule has 2 aliphatic heterocycles. The van der Waals surface area contributed by atoms with Crippen LogP contribution in [0.1, 0.15) is 43.0 Å². The van der Waals surface area contributed by atoms with Crippen LogP contribution in [0.15, 0.2) is 84.9 Å². The van der Waals surface area contributed by atoms with Gasteiger partial charge in [-0.15, -0.1) is 0 Å². The van der Waals surface area contributed by atoms with Crippen molar-refractivity contribution in [3.63, 3.8) is 0 Å². The zero-order valence-electron chi connectivity index (χ0n) is 22.8. The van der Waals surface area contributed by atoms with Crippen LogP contribution in [-0.4, -0.2) is 60.4 Å². The predicted molar refractivity (Wildman–Crippen MR) is 159 cm³/mol. The second-order valence-electron chi connectivity index (χ2n) is 11.0. The lowest BCUT2D eigenvalue weighted by Gasteiger charge is -2.42. The molecule has 39 heavy (non-hydrogen) atoms. The maximum Gasteiger partial charge on any atom is 0.255 e. The molecule has 4 aromatic carbocycles. The molecule has 5 heteroatoms. The molecule has 1 unspecified atom stereocenters. The first-order valence-corrected chi connectivity index (χ1v) is 14.4. The number of benzene rings is 4. The van der Waals surface area contributed by atoms with Crippen molar-refractivity contribution >= 4 is 39.0 Å². The topological polar surface area (TPSA) is 43.9 Å². The van der Waals surface area contributed by atoms with Gasteiger partial charge in [0.25, 0.3) is 5.91 Å². The Kier molecular flexibility index (Phi) is 7.34. The number of piperidine rings is 2. The predicted octanol–water partition coefficient (Wildman–Crippen LogP) is 6.36. The van der Waals surface area contributed by atoms with Crippen LogP contribution in [0.2, 0.25) is 0 Å². The van der Waals surface area contributed by atoms with Crippen LogP contribution in [0.25, 0.3) is 21.5 Å². The van der Waals surface area contributed by atoms with Crippen molar-refractivity contribution in [1.29, 1.82) is 0 Å². The highest BCUT2D eigenvalue weighted by Crippen LogP contribution is 2.32. The van der Waals surface area contributed by atoms with Crippen LogP contribution < -0.4 is 4.90 Å². The highest BCUT2D eigenvalue weighted by atomic mass is 16.2. The Bertz CT molecular complexity index is 1420. The molecule has 1 atom stereocenters. The summed E-state index contributed by atoms with van der Waals surface area (Å²) < 4.78 is 0. The van der Waals surface area contributed by atoms with Gasteiger partial charge in [0.2, 0.25) is 5.91 Å². The number of nitrogens with zero attached hydrogens (tertiary/aromatic N) is 3. The van der Waals surface area contributed by atoms with Gasteiger partial charge in [0.1, 0.15) is 0 Å². The maximum absolute atomic E-state index is 14.0. The Labute approximate surface area is 231 Å². The molecule has 2 amide bonds. The molecule has 5 nitrogen and oxygen atoms in total. The average Bonchev–Trinajstić information content (AvgIpc) is 3.00. The van der Waals surface area contributed by atoms with Crippen LogP contribution in [0.3, 0.4) is 0 Å². The lowest BCUT2D eigenvalue weighted by atomic mass is 9.92. The fourth-order valence-electron chi connectivity index (χ4n) is 6.67. The molecule has 0 radical (unpaired) electrons. The molecule has 0 spiro atoms. The van der Waals surface area contributed by atoms with Crippen molar-refractivity contribution in [2.24, 2.45) is 5.92 Å². The molecule has 2 fully saturated rings. The van der Waals surface area contributed by atoms with E-state index in [1.165, 1.54) is 0 Å². The molecular weight excluding hydrogens is 482 g/mol. The molecule has 2 aliphatic rings. The summed E-state index contributed by atoms with van der Waals surface area (Å²) in [6, 6.07) is 29.1. The van der Waals surface area contributed by atoms with Crippen molar-refractivity contribution in [1.82, 2.24) is 9.80 Å². The number of rotatable bonds is 5. The molecule has 0 aliphatic carbocycles. The first-order chi connectivity index (χ1) is 19.1. The van der Waals surface area contributed by atoms with Gasteiger partial charge in [0.15, 0.2) is 0 Å². The fraction of sp³-hybridized carbons (Fsp3) is 0.353. The van der Waals surface area contributed by atoms with Gasteiger partial charge in [-0.1, -0.05) is 66.7 Å². The SMILES string of the molecule is CCN(C(=O)C1CCCN(C2CCN(C(=O)c3c4ccccc4cc4ccccc34)CC2)C1)c1ccccc1. The standard InChI is InChI=1S/C34H37N3O2/c1-2-37(29-14-4-3-5-15-29)33(38)27-13-10-20-36(24-27)28-18-21-35(22-19-28)34(39)32-30-16-8-6-11-25(30)23-26-12-7-9-17-31(26)32/h3-9,11-12,14-17,23,27-28H,2,10,13,18-22,24H2,1H3. The van der Waals surface area contributed by atoms with Crippen molar-refractivity contribution in [3.05, 3.63) is 90.5 Å². The molecule has 0 N–H and O–H groups in total. The van der Waals surface area contributed by atoms with Crippen molar-refractivity contribution in [2.45, 2.75) is 38.6 Å². The number of hydrogen-bond acceptors (Lipinski definition) is 3. The summed E-state index contributed by atoms with van der Waals surface area (Å²) in [6.45, 7) is 6.09. The van der Waals surface area contributed by atoms with Gasteiger partial charge in [-0.05, 0) is 78.9 Å². The van der Waals surface area contributed by atoms with E-state index in [0.717, 1.165) is 84.7 Å². The zero-order chi connectivity index (χ0) is 26.8. The smallest absolute Gasteiger partial charge is 0.255 e. The largest absolute Gasteiger partial charge is 0.338 e. The van der Waals surface area contributed by atoms with Gasteiger partial charge in [-0.2, -0.15) is 0 Å².